The SMILES string of the molecule is CNc1conc1NC. The zero-order chi connectivity index (χ0) is 6.69. The van der Waals surface area contributed by atoms with Crippen molar-refractivity contribution in [3.05, 3.63) is 6.26 Å². The Morgan fingerprint density at radius 1 is 1.44 bits per heavy atom. The van der Waals surface area contributed by atoms with E-state index in [9.17, 15) is 0 Å². The topological polar surface area (TPSA) is 50.1 Å². The van der Waals surface area contributed by atoms with Gasteiger partial charge in [0.05, 0.1) is 0 Å². The second kappa shape index (κ2) is 2.39. The average Bonchev–Trinajstić information content (AvgIpc) is 2.33. The zero-order valence-electron chi connectivity index (χ0n) is 5.43. The molecule has 0 amide bonds. The highest BCUT2D eigenvalue weighted by atomic mass is 16.5. The number of nitrogens with zero attached hydrogens (tertiary/aromatic N) is 1. The number of hydrogen-bond acceptors (Lipinski definition) is 4. The third-order valence-electron chi connectivity index (χ3n) is 1.08. The van der Waals surface area contributed by atoms with Crippen LogP contribution in [0.1, 0.15) is 0 Å². The molecule has 0 radical (unpaired) electrons. The Balaban J connectivity index is 2.85. The molecule has 4 nitrogen and oxygen atoms in total. The van der Waals surface area contributed by atoms with Gasteiger partial charge in [-0.25, -0.2) is 0 Å². The van der Waals surface area contributed by atoms with Gasteiger partial charge in [0.2, 0.25) is 0 Å². The lowest BCUT2D eigenvalue weighted by Crippen LogP contribution is -1.93. The van der Waals surface area contributed by atoms with Crippen molar-refractivity contribution in [2.75, 3.05) is 24.7 Å². The van der Waals surface area contributed by atoms with Gasteiger partial charge < -0.3 is 15.2 Å². The van der Waals surface area contributed by atoms with Crippen LogP contribution in [0.15, 0.2) is 10.8 Å². The van der Waals surface area contributed by atoms with Crippen LogP contribution in [-0.2, 0) is 0 Å². The smallest absolute Gasteiger partial charge is 0.192 e. The summed E-state index contributed by atoms with van der Waals surface area (Å²) in [5.41, 5.74) is 0.873. The number of rotatable bonds is 2. The van der Waals surface area contributed by atoms with Gasteiger partial charge in [-0.1, -0.05) is 5.16 Å². The molecule has 0 saturated carbocycles. The molecule has 0 atom stereocenters. The van der Waals surface area contributed by atoms with Crippen LogP contribution in [-0.4, -0.2) is 19.3 Å². The fraction of sp³-hybridized carbons (Fsp3) is 0.400. The van der Waals surface area contributed by atoms with Gasteiger partial charge >= 0.3 is 0 Å². The first-order chi connectivity index (χ1) is 4.38. The molecule has 0 saturated heterocycles. The first kappa shape index (κ1) is 5.94. The van der Waals surface area contributed by atoms with E-state index in [-0.39, 0.29) is 0 Å². The van der Waals surface area contributed by atoms with Gasteiger partial charge in [-0.05, 0) is 0 Å². The van der Waals surface area contributed by atoms with Crippen LogP contribution in [0.2, 0.25) is 0 Å². The second-order valence-electron chi connectivity index (χ2n) is 1.58. The monoisotopic (exact) mass is 127 g/mol. The third kappa shape index (κ3) is 0.960. The van der Waals surface area contributed by atoms with E-state index in [4.69, 9.17) is 0 Å². The maximum absolute atomic E-state index is 4.65. The number of aromatic nitrogens is 1. The molecule has 1 aromatic heterocycles. The Kier molecular flexibility index (Phi) is 1.58. The van der Waals surface area contributed by atoms with Gasteiger partial charge in [-0.3, -0.25) is 0 Å². The van der Waals surface area contributed by atoms with Crippen LogP contribution in [0.4, 0.5) is 11.5 Å². The lowest BCUT2D eigenvalue weighted by atomic mass is 10.5. The molecule has 0 unspecified atom stereocenters. The van der Waals surface area contributed by atoms with Crippen molar-refractivity contribution in [3.8, 4) is 0 Å². The molecule has 0 fully saturated rings. The third-order valence-corrected chi connectivity index (χ3v) is 1.08. The predicted molar refractivity (Wildman–Crippen MR) is 35.6 cm³/mol. The highest BCUT2D eigenvalue weighted by Crippen LogP contribution is 2.16. The van der Waals surface area contributed by atoms with Gasteiger partial charge in [-0.15, -0.1) is 0 Å². The summed E-state index contributed by atoms with van der Waals surface area (Å²) < 4.78 is 4.65. The van der Waals surface area contributed by atoms with Crippen molar-refractivity contribution >= 4 is 11.5 Å². The van der Waals surface area contributed by atoms with Gasteiger partial charge in [0.15, 0.2) is 5.82 Å². The van der Waals surface area contributed by atoms with E-state index in [0.29, 0.717) is 0 Å². The molecule has 2 N–H and O–H groups in total. The maximum atomic E-state index is 4.65. The minimum Gasteiger partial charge on any atom is -0.382 e. The van der Waals surface area contributed by atoms with E-state index in [1.807, 2.05) is 7.05 Å². The maximum Gasteiger partial charge on any atom is 0.192 e. The minimum absolute atomic E-state index is 0.734. The van der Waals surface area contributed by atoms with E-state index < -0.39 is 0 Å². The fourth-order valence-corrected chi connectivity index (χ4v) is 0.594. The summed E-state index contributed by atoms with van der Waals surface area (Å²) >= 11 is 0. The molecule has 0 spiro atoms. The van der Waals surface area contributed by atoms with Gasteiger partial charge in [0.1, 0.15) is 12.0 Å². The molecule has 1 rings (SSSR count). The van der Waals surface area contributed by atoms with Crippen LogP contribution < -0.4 is 10.6 Å². The molecule has 9 heavy (non-hydrogen) atoms. The summed E-state index contributed by atoms with van der Waals surface area (Å²) in [5, 5.41) is 9.42. The van der Waals surface area contributed by atoms with Crippen molar-refractivity contribution in [1.29, 1.82) is 0 Å². The average molecular weight is 127 g/mol. The number of anilines is 2. The minimum atomic E-state index is 0.734. The molecule has 0 aliphatic carbocycles. The van der Waals surface area contributed by atoms with Gasteiger partial charge in [-0.2, -0.15) is 0 Å². The predicted octanol–water partition coefficient (Wildman–Crippen LogP) is 0.758. The zero-order valence-corrected chi connectivity index (χ0v) is 5.43. The summed E-state index contributed by atoms with van der Waals surface area (Å²) in [6, 6.07) is 0. The highest BCUT2D eigenvalue weighted by Gasteiger charge is 2.00. The fourth-order valence-electron chi connectivity index (χ4n) is 0.594. The van der Waals surface area contributed by atoms with Crippen LogP contribution in [0.5, 0.6) is 0 Å². The van der Waals surface area contributed by atoms with Crippen molar-refractivity contribution in [1.82, 2.24) is 5.16 Å². The van der Waals surface area contributed by atoms with Crippen molar-refractivity contribution < 1.29 is 4.52 Å². The van der Waals surface area contributed by atoms with E-state index in [1.165, 1.54) is 0 Å². The summed E-state index contributed by atoms with van der Waals surface area (Å²) in [6.07, 6.45) is 1.55. The summed E-state index contributed by atoms with van der Waals surface area (Å²) in [7, 11) is 3.60. The second-order valence-corrected chi connectivity index (χ2v) is 1.58. The molecule has 4 heteroatoms. The van der Waals surface area contributed by atoms with E-state index in [0.717, 1.165) is 11.5 Å². The normalized spacial score (nSPS) is 9.11. The van der Waals surface area contributed by atoms with Crippen molar-refractivity contribution in [2.24, 2.45) is 0 Å². The Labute approximate surface area is 53.2 Å². The Bertz CT molecular complexity index is 166. The van der Waals surface area contributed by atoms with E-state index in [2.05, 4.69) is 20.3 Å². The Morgan fingerprint density at radius 3 is 2.67 bits per heavy atom. The summed E-state index contributed by atoms with van der Waals surface area (Å²) in [6.45, 7) is 0. The van der Waals surface area contributed by atoms with Crippen LogP contribution >= 0.6 is 0 Å². The molecule has 1 aromatic rings. The Hall–Kier alpha value is -1.19. The number of hydrogen-bond donors (Lipinski definition) is 2. The molecule has 0 aromatic carbocycles. The quantitative estimate of drug-likeness (QED) is 0.615. The molecular formula is C5H9N3O. The summed E-state index contributed by atoms with van der Waals surface area (Å²) in [4.78, 5) is 0. The molecular weight excluding hydrogens is 118 g/mol. The molecule has 1 heterocycles. The lowest BCUT2D eigenvalue weighted by molar-refractivity contribution is 0.423. The Morgan fingerprint density at radius 2 is 2.22 bits per heavy atom. The number of nitrogens with one attached hydrogen (secondary N) is 2. The van der Waals surface area contributed by atoms with E-state index >= 15 is 0 Å². The standard InChI is InChI=1S/C5H9N3O/c1-6-4-3-9-8-5(4)7-2/h3,6H,1-2H3,(H,7,8). The van der Waals surface area contributed by atoms with Crippen LogP contribution in [0.25, 0.3) is 0 Å². The molecule has 50 valence electrons. The first-order valence-electron chi connectivity index (χ1n) is 2.68. The molecule has 0 aliphatic rings. The lowest BCUT2D eigenvalue weighted by Gasteiger charge is -1.94. The largest absolute Gasteiger partial charge is 0.382 e. The van der Waals surface area contributed by atoms with Gasteiger partial charge in [0, 0.05) is 14.1 Å². The van der Waals surface area contributed by atoms with Crippen molar-refractivity contribution in [2.45, 2.75) is 0 Å². The van der Waals surface area contributed by atoms with Crippen LogP contribution in [0.3, 0.4) is 0 Å². The molecule has 0 bridgehead atoms. The summed E-state index contributed by atoms with van der Waals surface area (Å²) in [5.74, 6) is 0.734. The molecule has 0 aliphatic heterocycles. The highest BCUT2D eigenvalue weighted by molar-refractivity contribution is 5.61. The van der Waals surface area contributed by atoms with Gasteiger partial charge in [0.25, 0.3) is 0 Å². The van der Waals surface area contributed by atoms with Crippen LogP contribution in [0, 0.1) is 0 Å². The first-order valence-corrected chi connectivity index (χ1v) is 2.68. The van der Waals surface area contributed by atoms with Crippen molar-refractivity contribution in [3.63, 3.8) is 0 Å². The van der Waals surface area contributed by atoms with E-state index in [1.54, 1.807) is 13.3 Å².